The second-order valence-corrected chi connectivity index (χ2v) is 7.78. The van der Waals surface area contributed by atoms with Crippen LogP contribution in [0.5, 0.6) is 0 Å². The summed E-state index contributed by atoms with van der Waals surface area (Å²) in [5.41, 5.74) is 0. The van der Waals surface area contributed by atoms with Crippen LogP contribution in [0.4, 0.5) is 0 Å². The van der Waals surface area contributed by atoms with Crippen molar-refractivity contribution in [3.63, 3.8) is 0 Å². The van der Waals surface area contributed by atoms with Crippen LogP contribution in [0.1, 0.15) is 70.5 Å². The van der Waals surface area contributed by atoms with E-state index in [9.17, 15) is 0 Å². The van der Waals surface area contributed by atoms with Crippen LogP contribution < -0.4 is 5.32 Å². The van der Waals surface area contributed by atoms with Crippen molar-refractivity contribution in [2.75, 3.05) is 27.2 Å². The Bertz CT molecular complexity index is 532. The summed E-state index contributed by atoms with van der Waals surface area (Å²) in [5, 5.41) is 7.46. The summed E-state index contributed by atoms with van der Waals surface area (Å²) in [7, 11) is 4.00. The molecule has 0 bridgehead atoms. The predicted molar refractivity (Wildman–Crippen MR) is 102 cm³/mol. The zero-order chi connectivity index (χ0) is 18.2. The third-order valence-electron chi connectivity index (χ3n) is 5.09. The summed E-state index contributed by atoms with van der Waals surface area (Å²) in [6.45, 7) is 8.46. The summed E-state index contributed by atoms with van der Waals surface area (Å²) in [5.74, 6) is 4.51. The van der Waals surface area contributed by atoms with Gasteiger partial charge in [0.15, 0.2) is 11.8 Å². The number of rotatable bonds is 7. The number of aliphatic imine (C=N–C) groups is 1. The number of aromatic nitrogens is 2. The first-order valence-electron chi connectivity index (χ1n) is 9.73. The van der Waals surface area contributed by atoms with Crippen LogP contribution in [-0.4, -0.2) is 48.2 Å². The van der Waals surface area contributed by atoms with Gasteiger partial charge in [-0.3, -0.25) is 4.99 Å². The van der Waals surface area contributed by atoms with E-state index < -0.39 is 0 Å². The van der Waals surface area contributed by atoms with Crippen molar-refractivity contribution in [2.24, 2.45) is 16.8 Å². The normalized spacial score (nSPS) is 21.6. The highest BCUT2D eigenvalue weighted by Gasteiger charge is 2.20. The van der Waals surface area contributed by atoms with E-state index in [0.29, 0.717) is 5.92 Å². The standard InChI is InChI=1S/C19H35N5O/c1-14(2)18-22-17(25-23-18)7-6-12-21-19(20-4)24(5)13-16-10-8-15(3)9-11-16/h14-16H,6-13H2,1-5H3,(H,20,21). The Hall–Kier alpha value is -1.59. The molecule has 0 amide bonds. The molecule has 6 heteroatoms. The molecule has 0 atom stereocenters. The molecule has 1 aliphatic rings. The number of guanidine groups is 1. The highest BCUT2D eigenvalue weighted by Crippen LogP contribution is 2.28. The molecule has 0 aromatic carbocycles. The van der Waals surface area contributed by atoms with Gasteiger partial charge in [-0.15, -0.1) is 0 Å². The first-order valence-corrected chi connectivity index (χ1v) is 9.73. The summed E-state index contributed by atoms with van der Waals surface area (Å²) in [6.07, 6.45) is 7.18. The smallest absolute Gasteiger partial charge is 0.226 e. The van der Waals surface area contributed by atoms with Gasteiger partial charge in [0.2, 0.25) is 5.89 Å². The Morgan fingerprint density at radius 2 is 2.04 bits per heavy atom. The molecule has 1 heterocycles. The molecule has 0 aliphatic heterocycles. The molecule has 0 unspecified atom stereocenters. The maximum absolute atomic E-state index is 5.29. The lowest BCUT2D eigenvalue weighted by molar-refractivity contribution is 0.250. The lowest BCUT2D eigenvalue weighted by atomic mass is 9.83. The summed E-state index contributed by atoms with van der Waals surface area (Å²) in [4.78, 5) is 11.1. The number of hydrogen-bond donors (Lipinski definition) is 1. The summed E-state index contributed by atoms with van der Waals surface area (Å²) < 4.78 is 5.29. The van der Waals surface area contributed by atoms with E-state index in [1.165, 1.54) is 25.7 Å². The van der Waals surface area contributed by atoms with Gasteiger partial charge >= 0.3 is 0 Å². The molecule has 1 saturated carbocycles. The SMILES string of the molecule is CN=C(NCCCc1nc(C(C)C)no1)N(C)CC1CCC(C)CC1. The molecule has 0 spiro atoms. The highest BCUT2D eigenvalue weighted by atomic mass is 16.5. The number of nitrogens with one attached hydrogen (secondary N) is 1. The van der Waals surface area contributed by atoms with E-state index in [-0.39, 0.29) is 0 Å². The Labute approximate surface area is 152 Å². The lowest BCUT2D eigenvalue weighted by Crippen LogP contribution is -2.42. The van der Waals surface area contributed by atoms with Gasteiger partial charge in [0.05, 0.1) is 0 Å². The largest absolute Gasteiger partial charge is 0.356 e. The van der Waals surface area contributed by atoms with Gasteiger partial charge in [0, 0.05) is 39.5 Å². The quantitative estimate of drug-likeness (QED) is 0.464. The van der Waals surface area contributed by atoms with Crippen LogP contribution in [-0.2, 0) is 6.42 Å². The molecular formula is C19H35N5O. The van der Waals surface area contributed by atoms with Gasteiger partial charge in [-0.1, -0.05) is 38.8 Å². The zero-order valence-electron chi connectivity index (χ0n) is 16.6. The van der Waals surface area contributed by atoms with Crippen LogP contribution in [0, 0.1) is 11.8 Å². The number of aryl methyl sites for hydroxylation is 1. The fourth-order valence-electron chi connectivity index (χ4n) is 3.41. The molecule has 1 aromatic heterocycles. The van der Waals surface area contributed by atoms with E-state index in [1.54, 1.807) is 0 Å². The second-order valence-electron chi connectivity index (χ2n) is 7.78. The average Bonchev–Trinajstić information content (AvgIpc) is 3.06. The molecule has 1 aromatic rings. The fraction of sp³-hybridized carbons (Fsp3) is 0.842. The number of nitrogens with zero attached hydrogens (tertiary/aromatic N) is 4. The van der Waals surface area contributed by atoms with Crippen molar-refractivity contribution in [2.45, 2.75) is 65.2 Å². The van der Waals surface area contributed by atoms with Crippen LogP contribution in [0.3, 0.4) is 0 Å². The molecule has 2 rings (SSSR count). The number of hydrogen-bond acceptors (Lipinski definition) is 4. The van der Waals surface area contributed by atoms with E-state index in [1.807, 2.05) is 7.05 Å². The Kier molecular flexibility index (Phi) is 7.72. The highest BCUT2D eigenvalue weighted by molar-refractivity contribution is 5.79. The molecular weight excluding hydrogens is 314 g/mol. The second kappa shape index (κ2) is 9.78. The average molecular weight is 350 g/mol. The van der Waals surface area contributed by atoms with Gasteiger partial charge in [-0.2, -0.15) is 4.98 Å². The van der Waals surface area contributed by atoms with E-state index in [4.69, 9.17) is 4.52 Å². The van der Waals surface area contributed by atoms with Gasteiger partial charge in [-0.05, 0) is 31.1 Å². The van der Waals surface area contributed by atoms with Crippen molar-refractivity contribution < 1.29 is 4.52 Å². The van der Waals surface area contributed by atoms with E-state index >= 15 is 0 Å². The van der Waals surface area contributed by atoms with Crippen molar-refractivity contribution >= 4 is 5.96 Å². The molecule has 6 nitrogen and oxygen atoms in total. The van der Waals surface area contributed by atoms with E-state index in [2.05, 4.69) is 53.2 Å². The van der Waals surface area contributed by atoms with E-state index in [0.717, 1.165) is 55.4 Å². The maximum atomic E-state index is 5.29. The Morgan fingerprint density at radius 3 is 2.64 bits per heavy atom. The van der Waals surface area contributed by atoms with Crippen molar-refractivity contribution in [1.82, 2.24) is 20.4 Å². The molecule has 0 saturated heterocycles. The van der Waals surface area contributed by atoms with Gasteiger partial charge < -0.3 is 14.7 Å². The van der Waals surface area contributed by atoms with Crippen molar-refractivity contribution in [3.8, 4) is 0 Å². The Morgan fingerprint density at radius 1 is 1.32 bits per heavy atom. The topological polar surface area (TPSA) is 66.5 Å². The van der Waals surface area contributed by atoms with Crippen LogP contribution in [0.2, 0.25) is 0 Å². The fourth-order valence-corrected chi connectivity index (χ4v) is 3.41. The maximum Gasteiger partial charge on any atom is 0.226 e. The minimum absolute atomic E-state index is 0.311. The van der Waals surface area contributed by atoms with Gasteiger partial charge in [-0.25, -0.2) is 0 Å². The molecule has 142 valence electrons. The first kappa shape index (κ1) is 19.7. The van der Waals surface area contributed by atoms with Crippen LogP contribution in [0.15, 0.2) is 9.52 Å². The lowest BCUT2D eigenvalue weighted by Gasteiger charge is -2.31. The van der Waals surface area contributed by atoms with Crippen LogP contribution >= 0.6 is 0 Å². The predicted octanol–water partition coefficient (Wildman–Crippen LogP) is 3.46. The molecule has 1 N–H and O–H groups in total. The van der Waals surface area contributed by atoms with Gasteiger partial charge in [0.1, 0.15) is 0 Å². The molecule has 0 radical (unpaired) electrons. The summed E-state index contributed by atoms with van der Waals surface area (Å²) in [6, 6.07) is 0. The molecule has 1 fully saturated rings. The van der Waals surface area contributed by atoms with Crippen LogP contribution in [0.25, 0.3) is 0 Å². The minimum atomic E-state index is 0.311. The third kappa shape index (κ3) is 6.33. The summed E-state index contributed by atoms with van der Waals surface area (Å²) >= 11 is 0. The Balaban J connectivity index is 1.68. The molecule has 25 heavy (non-hydrogen) atoms. The van der Waals surface area contributed by atoms with Crippen molar-refractivity contribution in [3.05, 3.63) is 11.7 Å². The first-order chi connectivity index (χ1) is 12.0. The van der Waals surface area contributed by atoms with Gasteiger partial charge in [0.25, 0.3) is 0 Å². The zero-order valence-corrected chi connectivity index (χ0v) is 16.6. The molecule has 1 aliphatic carbocycles. The minimum Gasteiger partial charge on any atom is -0.356 e. The van der Waals surface area contributed by atoms with Crippen molar-refractivity contribution in [1.29, 1.82) is 0 Å². The third-order valence-corrected chi connectivity index (χ3v) is 5.09. The monoisotopic (exact) mass is 349 g/mol.